The molecule has 2 aromatic carbocycles. The van der Waals surface area contributed by atoms with Crippen molar-refractivity contribution in [3.63, 3.8) is 0 Å². The summed E-state index contributed by atoms with van der Waals surface area (Å²) >= 11 is 0. The summed E-state index contributed by atoms with van der Waals surface area (Å²) in [5, 5.41) is 0. The second-order valence-electron chi connectivity index (χ2n) is 7.55. The van der Waals surface area contributed by atoms with Gasteiger partial charge in [0.2, 0.25) is 0 Å². The summed E-state index contributed by atoms with van der Waals surface area (Å²) in [4.78, 5) is 16.3. The standard InChI is InChI=1S/C24H24N2O/c25-24(13-10-18-4-2-1-3-5-18)17-22(24)20-8-6-19(7-9-20)16-23(27)21-11-14-26-15-12-21/h1-9,11-12,14-15,22H,10,13,16-17,25H2/t22-,24+/m0/s1. The van der Waals surface area contributed by atoms with Crippen LogP contribution in [0.5, 0.6) is 0 Å². The number of hydrogen-bond acceptors (Lipinski definition) is 3. The zero-order chi connectivity index (χ0) is 18.7. The van der Waals surface area contributed by atoms with Gasteiger partial charge in [-0.15, -0.1) is 0 Å². The number of rotatable bonds is 7. The third-order valence-electron chi connectivity index (χ3n) is 5.59. The Morgan fingerprint density at radius 3 is 2.37 bits per heavy atom. The van der Waals surface area contributed by atoms with Gasteiger partial charge in [0.05, 0.1) is 0 Å². The number of hydrogen-bond donors (Lipinski definition) is 1. The monoisotopic (exact) mass is 356 g/mol. The van der Waals surface area contributed by atoms with Crippen molar-refractivity contribution in [2.75, 3.05) is 0 Å². The first kappa shape index (κ1) is 17.6. The fraction of sp³-hybridized carbons (Fsp3) is 0.250. The number of nitrogens with zero attached hydrogens (tertiary/aromatic N) is 1. The molecule has 3 heteroatoms. The van der Waals surface area contributed by atoms with E-state index in [1.54, 1.807) is 24.5 Å². The molecule has 2 N–H and O–H groups in total. The quantitative estimate of drug-likeness (QED) is 0.641. The van der Waals surface area contributed by atoms with Gasteiger partial charge in [-0.3, -0.25) is 9.78 Å². The van der Waals surface area contributed by atoms with Crippen LogP contribution in [0.2, 0.25) is 0 Å². The molecule has 0 aliphatic heterocycles. The van der Waals surface area contributed by atoms with Gasteiger partial charge >= 0.3 is 0 Å². The van der Waals surface area contributed by atoms with Crippen LogP contribution in [0.25, 0.3) is 0 Å². The molecule has 0 amide bonds. The minimum absolute atomic E-state index is 0.0930. The summed E-state index contributed by atoms with van der Waals surface area (Å²) in [5.74, 6) is 0.541. The zero-order valence-corrected chi connectivity index (χ0v) is 15.3. The van der Waals surface area contributed by atoms with Crippen LogP contribution < -0.4 is 5.73 Å². The highest BCUT2D eigenvalue weighted by Crippen LogP contribution is 2.52. The molecule has 0 unspecified atom stereocenters. The number of carbonyl (C=O) groups excluding carboxylic acids is 1. The topological polar surface area (TPSA) is 56.0 Å². The third kappa shape index (κ3) is 4.15. The number of aromatic nitrogens is 1. The van der Waals surface area contributed by atoms with Crippen LogP contribution in [-0.4, -0.2) is 16.3 Å². The molecule has 1 aliphatic rings. The van der Waals surface area contributed by atoms with E-state index < -0.39 is 0 Å². The minimum atomic E-state index is -0.0930. The van der Waals surface area contributed by atoms with Gasteiger partial charge in [0.15, 0.2) is 5.78 Å². The molecule has 1 fully saturated rings. The Balaban J connectivity index is 1.35. The van der Waals surface area contributed by atoms with E-state index in [2.05, 4.69) is 53.5 Å². The summed E-state index contributed by atoms with van der Waals surface area (Å²) in [6, 6.07) is 22.4. The molecule has 4 rings (SSSR count). The Bertz CT molecular complexity index is 906. The van der Waals surface area contributed by atoms with Crippen molar-refractivity contribution in [2.24, 2.45) is 5.73 Å². The zero-order valence-electron chi connectivity index (χ0n) is 15.3. The van der Waals surface area contributed by atoms with Gasteiger partial charge in [-0.05, 0) is 48.1 Å². The van der Waals surface area contributed by atoms with Gasteiger partial charge in [0.25, 0.3) is 0 Å². The molecule has 1 aromatic heterocycles. The number of benzene rings is 2. The van der Waals surface area contributed by atoms with Crippen LogP contribution in [0.4, 0.5) is 0 Å². The smallest absolute Gasteiger partial charge is 0.167 e. The third-order valence-corrected chi connectivity index (χ3v) is 5.59. The van der Waals surface area contributed by atoms with Crippen LogP contribution in [0.3, 0.4) is 0 Å². The van der Waals surface area contributed by atoms with Crippen LogP contribution in [-0.2, 0) is 12.8 Å². The highest BCUT2D eigenvalue weighted by Gasteiger charge is 2.50. The van der Waals surface area contributed by atoms with E-state index in [1.807, 2.05) is 6.07 Å². The van der Waals surface area contributed by atoms with Crippen molar-refractivity contribution >= 4 is 5.78 Å². The van der Waals surface area contributed by atoms with Gasteiger partial charge in [-0.1, -0.05) is 54.6 Å². The number of carbonyl (C=O) groups is 1. The molecule has 1 heterocycles. The van der Waals surface area contributed by atoms with Gasteiger partial charge < -0.3 is 5.73 Å². The second kappa shape index (κ2) is 7.45. The highest BCUT2D eigenvalue weighted by molar-refractivity contribution is 5.97. The van der Waals surface area contributed by atoms with Crippen molar-refractivity contribution in [3.8, 4) is 0 Å². The van der Waals surface area contributed by atoms with Crippen molar-refractivity contribution in [1.82, 2.24) is 4.98 Å². The molecule has 27 heavy (non-hydrogen) atoms. The Labute approximate surface area is 160 Å². The van der Waals surface area contributed by atoms with Crippen molar-refractivity contribution in [3.05, 3.63) is 101 Å². The fourth-order valence-electron chi connectivity index (χ4n) is 3.76. The predicted molar refractivity (Wildman–Crippen MR) is 108 cm³/mol. The summed E-state index contributed by atoms with van der Waals surface area (Å²) in [7, 11) is 0. The van der Waals surface area contributed by atoms with E-state index in [-0.39, 0.29) is 11.3 Å². The van der Waals surface area contributed by atoms with Crippen LogP contribution in [0.15, 0.2) is 79.1 Å². The van der Waals surface area contributed by atoms with Crippen LogP contribution in [0, 0.1) is 0 Å². The first-order valence-electron chi connectivity index (χ1n) is 9.49. The predicted octanol–water partition coefficient (Wildman–Crippen LogP) is 4.32. The van der Waals surface area contributed by atoms with E-state index >= 15 is 0 Å². The Morgan fingerprint density at radius 2 is 1.67 bits per heavy atom. The van der Waals surface area contributed by atoms with E-state index in [0.29, 0.717) is 17.9 Å². The molecule has 3 aromatic rings. The van der Waals surface area contributed by atoms with E-state index in [4.69, 9.17) is 5.73 Å². The Hall–Kier alpha value is -2.78. The van der Waals surface area contributed by atoms with Crippen molar-refractivity contribution < 1.29 is 4.79 Å². The van der Waals surface area contributed by atoms with Crippen molar-refractivity contribution in [1.29, 1.82) is 0 Å². The molecule has 1 aliphatic carbocycles. The number of pyridine rings is 1. The van der Waals surface area contributed by atoms with E-state index in [1.165, 1.54) is 11.1 Å². The molecule has 2 atom stereocenters. The van der Waals surface area contributed by atoms with Crippen molar-refractivity contribution in [2.45, 2.75) is 37.1 Å². The molecule has 0 saturated heterocycles. The van der Waals surface area contributed by atoms with Gasteiger partial charge in [-0.2, -0.15) is 0 Å². The number of Topliss-reactive ketones (excluding diaryl/α,β-unsaturated/α-hetero) is 1. The lowest BCUT2D eigenvalue weighted by Crippen LogP contribution is -2.25. The number of ketones is 1. The molecule has 3 nitrogen and oxygen atoms in total. The molecular formula is C24H24N2O. The highest BCUT2D eigenvalue weighted by atomic mass is 16.1. The lowest BCUT2D eigenvalue weighted by molar-refractivity contribution is 0.0993. The first-order valence-corrected chi connectivity index (χ1v) is 9.49. The number of aryl methyl sites for hydroxylation is 1. The molecule has 0 spiro atoms. The maximum Gasteiger partial charge on any atom is 0.167 e. The second-order valence-corrected chi connectivity index (χ2v) is 7.55. The number of nitrogens with two attached hydrogens (primary N) is 1. The lowest BCUT2D eigenvalue weighted by atomic mass is 9.97. The lowest BCUT2D eigenvalue weighted by Gasteiger charge is -2.12. The molecule has 0 radical (unpaired) electrons. The fourth-order valence-corrected chi connectivity index (χ4v) is 3.76. The molecular weight excluding hydrogens is 332 g/mol. The van der Waals surface area contributed by atoms with E-state index in [0.717, 1.165) is 24.8 Å². The maximum absolute atomic E-state index is 12.3. The summed E-state index contributed by atoms with van der Waals surface area (Å²) in [6.07, 6.45) is 6.78. The van der Waals surface area contributed by atoms with Crippen LogP contribution in [0.1, 0.15) is 45.8 Å². The summed E-state index contributed by atoms with van der Waals surface area (Å²) < 4.78 is 0. The van der Waals surface area contributed by atoms with E-state index in [9.17, 15) is 4.79 Å². The maximum atomic E-state index is 12.3. The van der Waals surface area contributed by atoms with Gasteiger partial charge in [0.1, 0.15) is 0 Å². The SMILES string of the molecule is N[C@]1(CCc2ccccc2)C[C@H]1c1ccc(CC(=O)c2ccncc2)cc1. The largest absolute Gasteiger partial charge is 0.325 e. The summed E-state index contributed by atoms with van der Waals surface area (Å²) in [6.45, 7) is 0. The van der Waals surface area contributed by atoms with Gasteiger partial charge in [0, 0.05) is 35.8 Å². The molecule has 136 valence electrons. The van der Waals surface area contributed by atoms with Crippen LogP contribution >= 0.6 is 0 Å². The molecule has 0 bridgehead atoms. The normalized spacial score (nSPS) is 21.0. The van der Waals surface area contributed by atoms with Gasteiger partial charge in [-0.25, -0.2) is 0 Å². The Kier molecular flexibility index (Phi) is 4.87. The average Bonchev–Trinajstić information content (AvgIpc) is 3.40. The summed E-state index contributed by atoms with van der Waals surface area (Å²) in [5.41, 5.74) is 10.9. The average molecular weight is 356 g/mol. The Morgan fingerprint density at radius 1 is 0.963 bits per heavy atom. The first-order chi connectivity index (χ1) is 13.1. The minimum Gasteiger partial charge on any atom is -0.325 e. The molecule has 1 saturated carbocycles.